The van der Waals surface area contributed by atoms with Crippen LogP contribution in [0.5, 0.6) is 0 Å². The summed E-state index contributed by atoms with van der Waals surface area (Å²) in [6, 6.07) is 3.98. The van der Waals surface area contributed by atoms with Crippen LogP contribution in [0.2, 0.25) is 5.02 Å². The van der Waals surface area contributed by atoms with Gasteiger partial charge in [-0.2, -0.15) is 0 Å². The molecule has 0 bridgehead atoms. The third kappa shape index (κ3) is 2.53. The first-order valence-corrected chi connectivity index (χ1v) is 7.07. The zero-order chi connectivity index (χ0) is 11.8. The van der Waals surface area contributed by atoms with Crippen LogP contribution in [0, 0.1) is 5.82 Å². The van der Waals surface area contributed by atoms with Crippen molar-refractivity contribution in [2.75, 3.05) is 18.1 Å². The predicted molar refractivity (Wildman–Crippen MR) is 60.8 cm³/mol. The Morgan fingerprint density at radius 2 is 2.19 bits per heavy atom. The highest BCUT2D eigenvalue weighted by Gasteiger charge is 2.25. The molecule has 0 aromatic heterocycles. The zero-order valence-electron chi connectivity index (χ0n) is 8.41. The Labute approximate surface area is 98.5 Å². The molecule has 1 aromatic carbocycles. The lowest BCUT2D eigenvalue weighted by Crippen LogP contribution is -2.39. The summed E-state index contributed by atoms with van der Waals surface area (Å²) >= 11 is 5.65. The first-order chi connectivity index (χ1) is 7.48. The molecule has 1 N–H and O–H groups in total. The van der Waals surface area contributed by atoms with Crippen molar-refractivity contribution in [1.82, 2.24) is 5.32 Å². The largest absolute Gasteiger partial charge is 0.308 e. The zero-order valence-corrected chi connectivity index (χ0v) is 9.98. The van der Waals surface area contributed by atoms with E-state index in [0.29, 0.717) is 12.1 Å². The molecule has 6 heteroatoms. The lowest BCUT2D eigenvalue weighted by Gasteiger charge is -2.24. The topological polar surface area (TPSA) is 46.2 Å². The van der Waals surface area contributed by atoms with Crippen LogP contribution in [-0.4, -0.2) is 26.5 Å². The SMILES string of the molecule is O=S1(=O)CCNC(c2ccc(F)c(Cl)c2)C1. The fraction of sp³-hybridized carbons (Fsp3) is 0.400. The summed E-state index contributed by atoms with van der Waals surface area (Å²) < 4.78 is 35.8. The van der Waals surface area contributed by atoms with E-state index in [9.17, 15) is 12.8 Å². The summed E-state index contributed by atoms with van der Waals surface area (Å²) in [6.45, 7) is 0.419. The summed E-state index contributed by atoms with van der Waals surface area (Å²) in [5.41, 5.74) is 0.703. The Balaban J connectivity index is 2.27. The van der Waals surface area contributed by atoms with E-state index in [1.54, 1.807) is 6.07 Å². The predicted octanol–water partition coefficient (Wildman–Crippen LogP) is 1.54. The van der Waals surface area contributed by atoms with E-state index in [1.165, 1.54) is 12.1 Å². The number of nitrogens with one attached hydrogen (secondary N) is 1. The maximum absolute atomic E-state index is 12.9. The molecule has 1 fully saturated rings. The van der Waals surface area contributed by atoms with Crippen molar-refractivity contribution in [2.45, 2.75) is 6.04 Å². The minimum Gasteiger partial charge on any atom is -0.308 e. The third-order valence-corrected chi connectivity index (χ3v) is 4.53. The Morgan fingerprint density at radius 1 is 1.44 bits per heavy atom. The van der Waals surface area contributed by atoms with E-state index in [1.807, 2.05) is 0 Å². The summed E-state index contributed by atoms with van der Waals surface area (Å²) in [4.78, 5) is 0. The molecule has 0 radical (unpaired) electrons. The number of halogens is 2. The van der Waals surface area contributed by atoms with Gasteiger partial charge in [0.15, 0.2) is 9.84 Å². The van der Waals surface area contributed by atoms with E-state index in [2.05, 4.69) is 5.32 Å². The van der Waals surface area contributed by atoms with E-state index >= 15 is 0 Å². The number of benzene rings is 1. The van der Waals surface area contributed by atoms with E-state index in [-0.39, 0.29) is 22.6 Å². The van der Waals surface area contributed by atoms with Gasteiger partial charge in [0.1, 0.15) is 5.82 Å². The van der Waals surface area contributed by atoms with Gasteiger partial charge in [-0.25, -0.2) is 12.8 Å². The Bertz CT molecular complexity index is 504. The van der Waals surface area contributed by atoms with E-state index < -0.39 is 15.7 Å². The highest BCUT2D eigenvalue weighted by molar-refractivity contribution is 7.91. The molecule has 0 saturated carbocycles. The van der Waals surface area contributed by atoms with Crippen LogP contribution in [0.25, 0.3) is 0 Å². The number of hydrogen-bond acceptors (Lipinski definition) is 3. The highest BCUT2D eigenvalue weighted by Crippen LogP contribution is 2.23. The number of hydrogen-bond donors (Lipinski definition) is 1. The molecule has 1 atom stereocenters. The van der Waals surface area contributed by atoms with Crippen LogP contribution in [0.1, 0.15) is 11.6 Å². The average molecular weight is 264 g/mol. The molecular formula is C10H11ClFNO2S. The molecule has 1 aromatic rings. The molecular weight excluding hydrogens is 253 g/mol. The fourth-order valence-corrected chi connectivity index (χ4v) is 3.33. The molecule has 16 heavy (non-hydrogen) atoms. The van der Waals surface area contributed by atoms with Crippen LogP contribution in [0.4, 0.5) is 4.39 Å². The standard InChI is InChI=1S/C10H11ClFNO2S/c11-8-5-7(1-2-9(8)12)10-6-16(14,15)4-3-13-10/h1-2,5,10,13H,3-4,6H2. The minimum absolute atomic E-state index is 0.0160. The smallest absolute Gasteiger partial charge is 0.153 e. The Kier molecular flexibility index (Phi) is 3.19. The van der Waals surface area contributed by atoms with Crippen LogP contribution >= 0.6 is 11.6 Å². The van der Waals surface area contributed by atoms with Crippen molar-refractivity contribution in [3.63, 3.8) is 0 Å². The molecule has 2 rings (SSSR count). The molecule has 1 heterocycles. The Morgan fingerprint density at radius 3 is 2.81 bits per heavy atom. The van der Waals surface area contributed by atoms with Crippen molar-refractivity contribution in [3.8, 4) is 0 Å². The van der Waals surface area contributed by atoms with Gasteiger partial charge in [0.05, 0.1) is 16.5 Å². The molecule has 0 aliphatic carbocycles. The van der Waals surface area contributed by atoms with Crippen molar-refractivity contribution < 1.29 is 12.8 Å². The lowest BCUT2D eigenvalue weighted by molar-refractivity contribution is 0.530. The molecule has 1 aliphatic rings. The lowest BCUT2D eigenvalue weighted by atomic mass is 10.1. The van der Waals surface area contributed by atoms with Crippen LogP contribution < -0.4 is 5.32 Å². The second kappa shape index (κ2) is 4.31. The molecule has 1 saturated heterocycles. The first-order valence-electron chi connectivity index (χ1n) is 4.87. The Hall–Kier alpha value is -0.650. The van der Waals surface area contributed by atoms with E-state index in [4.69, 9.17) is 11.6 Å². The normalized spacial score (nSPS) is 24.2. The summed E-state index contributed by atoms with van der Waals surface area (Å²) in [5.74, 6) is -0.308. The number of sulfone groups is 1. The molecule has 1 unspecified atom stereocenters. The van der Waals surface area contributed by atoms with Gasteiger partial charge in [-0.05, 0) is 17.7 Å². The van der Waals surface area contributed by atoms with Gasteiger partial charge in [-0.1, -0.05) is 17.7 Å². The molecule has 1 aliphatic heterocycles. The maximum atomic E-state index is 12.9. The van der Waals surface area contributed by atoms with Gasteiger partial charge in [-0.15, -0.1) is 0 Å². The van der Waals surface area contributed by atoms with Crippen LogP contribution in [-0.2, 0) is 9.84 Å². The van der Waals surface area contributed by atoms with Gasteiger partial charge < -0.3 is 5.32 Å². The third-order valence-electron chi connectivity index (χ3n) is 2.57. The van der Waals surface area contributed by atoms with Crippen molar-refractivity contribution >= 4 is 21.4 Å². The fourth-order valence-electron chi connectivity index (χ4n) is 1.73. The number of rotatable bonds is 1. The molecule has 3 nitrogen and oxygen atoms in total. The van der Waals surface area contributed by atoms with Gasteiger partial charge in [0.2, 0.25) is 0 Å². The van der Waals surface area contributed by atoms with Crippen molar-refractivity contribution in [3.05, 3.63) is 34.6 Å². The van der Waals surface area contributed by atoms with Crippen molar-refractivity contribution in [1.29, 1.82) is 0 Å². The average Bonchev–Trinajstić information content (AvgIpc) is 2.20. The van der Waals surface area contributed by atoms with Gasteiger partial charge in [0.25, 0.3) is 0 Å². The van der Waals surface area contributed by atoms with Crippen molar-refractivity contribution in [2.24, 2.45) is 0 Å². The summed E-state index contributed by atoms with van der Waals surface area (Å²) in [7, 11) is -3.00. The molecule has 0 spiro atoms. The van der Waals surface area contributed by atoms with Gasteiger partial charge >= 0.3 is 0 Å². The van der Waals surface area contributed by atoms with E-state index in [0.717, 1.165) is 0 Å². The van der Waals surface area contributed by atoms with Gasteiger partial charge in [0, 0.05) is 12.6 Å². The molecule has 88 valence electrons. The quantitative estimate of drug-likeness (QED) is 0.836. The first kappa shape index (κ1) is 11.8. The summed E-state index contributed by atoms with van der Waals surface area (Å²) in [6.07, 6.45) is 0. The second-order valence-corrected chi connectivity index (χ2v) is 6.43. The highest BCUT2D eigenvalue weighted by atomic mass is 35.5. The van der Waals surface area contributed by atoms with Gasteiger partial charge in [-0.3, -0.25) is 0 Å². The minimum atomic E-state index is -3.00. The van der Waals surface area contributed by atoms with Crippen LogP contribution in [0.3, 0.4) is 0 Å². The second-order valence-electron chi connectivity index (χ2n) is 3.79. The summed E-state index contributed by atoms with van der Waals surface area (Å²) in [5, 5.41) is 3.09. The molecule has 0 amide bonds. The maximum Gasteiger partial charge on any atom is 0.153 e. The van der Waals surface area contributed by atoms with Crippen LogP contribution in [0.15, 0.2) is 18.2 Å². The monoisotopic (exact) mass is 263 g/mol.